The van der Waals surface area contributed by atoms with Crippen LogP contribution in [0.4, 0.5) is 10.1 Å². The molecule has 4 rings (SSSR count). The number of rotatable bonds is 3. The fourth-order valence-electron chi connectivity index (χ4n) is 4.11. The number of esters is 1. The highest BCUT2D eigenvalue weighted by Crippen LogP contribution is 2.39. The Morgan fingerprint density at radius 1 is 1.13 bits per heavy atom. The number of nitrogens with zero attached hydrogens (tertiary/aromatic N) is 3. The van der Waals surface area contributed by atoms with E-state index in [9.17, 15) is 9.18 Å². The van der Waals surface area contributed by atoms with Gasteiger partial charge in [0.15, 0.2) is 5.75 Å². The largest absolute Gasteiger partial charge is 0.469 e. The zero-order chi connectivity index (χ0) is 22.2. The summed E-state index contributed by atoms with van der Waals surface area (Å²) in [4.78, 5) is 21.4. The average molecular weight is 426 g/mol. The van der Waals surface area contributed by atoms with Crippen molar-refractivity contribution in [3.8, 4) is 11.5 Å². The third kappa shape index (κ3) is 4.42. The molecule has 0 bridgehead atoms. The van der Waals surface area contributed by atoms with Gasteiger partial charge in [-0.05, 0) is 50.6 Å². The van der Waals surface area contributed by atoms with E-state index in [0.717, 1.165) is 48.8 Å². The number of benzene rings is 2. The maximum Gasteiger partial charge on any atom is 0.312 e. The molecule has 6 nitrogen and oxygen atoms in total. The fraction of sp³-hybridized carbons (Fsp3) is 0.417. The van der Waals surface area contributed by atoms with Gasteiger partial charge in [-0.15, -0.1) is 0 Å². The van der Waals surface area contributed by atoms with Crippen LogP contribution in [0.2, 0.25) is 0 Å². The average Bonchev–Trinajstić information content (AvgIpc) is 2.89. The summed E-state index contributed by atoms with van der Waals surface area (Å²) in [5.74, 6) is 1.33. The van der Waals surface area contributed by atoms with Gasteiger partial charge < -0.3 is 14.4 Å². The van der Waals surface area contributed by atoms with E-state index in [2.05, 4.69) is 9.80 Å². The molecule has 7 heteroatoms. The Bertz CT molecular complexity index is 1030. The smallest absolute Gasteiger partial charge is 0.312 e. The first kappa shape index (κ1) is 21.3. The van der Waals surface area contributed by atoms with E-state index in [1.807, 2.05) is 39.0 Å². The SMILES string of the molecule is COC(=O)C(C)(C)CN1CCN(C2=Nc3ccc(C)cc3Oc3cc(F)ccc32)CC1. The van der Waals surface area contributed by atoms with E-state index >= 15 is 0 Å². The van der Waals surface area contributed by atoms with Crippen molar-refractivity contribution >= 4 is 17.5 Å². The van der Waals surface area contributed by atoms with Gasteiger partial charge in [0.25, 0.3) is 0 Å². The number of halogens is 1. The number of aliphatic imine (C=N–C) groups is 1. The van der Waals surface area contributed by atoms with Crippen LogP contribution in [-0.4, -0.2) is 61.4 Å². The lowest BCUT2D eigenvalue weighted by molar-refractivity contribution is -0.152. The number of hydrogen-bond donors (Lipinski definition) is 0. The molecule has 1 fully saturated rings. The number of methoxy groups -OCH3 is 1. The molecule has 0 aromatic heterocycles. The second-order valence-corrected chi connectivity index (χ2v) is 8.79. The summed E-state index contributed by atoms with van der Waals surface area (Å²) in [5, 5.41) is 0. The van der Waals surface area contributed by atoms with Gasteiger partial charge in [-0.1, -0.05) is 6.07 Å². The second kappa shape index (κ2) is 8.30. The highest BCUT2D eigenvalue weighted by atomic mass is 19.1. The Morgan fingerprint density at radius 2 is 1.87 bits per heavy atom. The monoisotopic (exact) mass is 425 g/mol. The maximum atomic E-state index is 14.0. The first-order valence-electron chi connectivity index (χ1n) is 10.5. The van der Waals surface area contributed by atoms with Crippen LogP contribution in [0.25, 0.3) is 0 Å². The molecule has 0 aliphatic carbocycles. The van der Waals surface area contributed by atoms with E-state index < -0.39 is 5.41 Å². The Morgan fingerprint density at radius 3 is 2.58 bits per heavy atom. The summed E-state index contributed by atoms with van der Waals surface area (Å²) in [6.45, 7) is 9.49. The molecule has 2 aliphatic rings. The summed E-state index contributed by atoms with van der Waals surface area (Å²) in [6, 6.07) is 10.4. The first-order chi connectivity index (χ1) is 14.8. The molecule has 0 unspecified atom stereocenters. The Labute approximate surface area is 182 Å². The second-order valence-electron chi connectivity index (χ2n) is 8.79. The van der Waals surface area contributed by atoms with Crippen molar-refractivity contribution in [3.63, 3.8) is 0 Å². The summed E-state index contributed by atoms with van der Waals surface area (Å²) < 4.78 is 25.0. The van der Waals surface area contributed by atoms with Gasteiger partial charge in [0.05, 0.1) is 18.1 Å². The van der Waals surface area contributed by atoms with Gasteiger partial charge in [0, 0.05) is 38.8 Å². The molecule has 0 amide bonds. The number of fused-ring (bicyclic) bond motifs is 2. The molecule has 164 valence electrons. The van der Waals surface area contributed by atoms with Gasteiger partial charge in [0.2, 0.25) is 0 Å². The molecule has 2 aromatic carbocycles. The minimum Gasteiger partial charge on any atom is -0.469 e. The summed E-state index contributed by atoms with van der Waals surface area (Å²) in [5.41, 5.74) is 1.99. The Kier molecular flexibility index (Phi) is 5.71. The van der Waals surface area contributed by atoms with Crippen molar-refractivity contribution < 1.29 is 18.7 Å². The standard InChI is InChI=1S/C24H28FN3O3/c1-16-5-8-19-21(13-16)31-20-14-17(25)6-7-18(20)22(26-19)28-11-9-27(10-12-28)15-24(2,3)23(29)30-4/h5-8,13-14H,9-12,15H2,1-4H3. The lowest BCUT2D eigenvalue weighted by atomic mass is 9.92. The minimum absolute atomic E-state index is 0.205. The predicted octanol–water partition coefficient (Wildman–Crippen LogP) is 4.13. The number of aryl methyl sites for hydroxylation is 1. The van der Waals surface area contributed by atoms with Crippen molar-refractivity contribution in [2.24, 2.45) is 10.4 Å². The van der Waals surface area contributed by atoms with Crippen LogP contribution in [0, 0.1) is 18.2 Å². The highest BCUT2D eigenvalue weighted by Gasteiger charge is 2.33. The number of piperazine rings is 1. The topological polar surface area (TPSA) is 54.4 Å². The number of carbonyl (C=O) groups excluding carboxylic acids is 1. The molecule has 31 heavy (non-hydrogen) atoms. The van der Waals surface area contributed by atoms with Crippen LogP contribution >= 0.6 is 0 Å². The summed E-state index contributed by atoms with van der Waals surface area (Å²) >= 11 is 0. The first-order valence-corrected chi connectivity index (χ1v) is 10.5. The van der Waals surface area contributed by atoms with Crippen molar-refractivity contribution in [1.82, 2.24) is 9.80 Å². The predicted molar refractivity (Wildman–Crippen MR) is 118 cm³/mol. The van der Waals surface area contributed by atoms with Gasteiger partial charge in [-0.3, -0.25) is 9.69 Å². The van der Waals surface area contributed by atoms with E-state index in [0.29, 0.717) is 18.0 Å². The number of amidine groups is 1. The van der Waals surface area contributed by atoms with E-state index in [1.54, 1.807) is 6.07 Å². The van der Waals surface area contributed by atoms with Crippen LogP contribution in [0.1, 0.15) is 25.0 Å². The molecule has 0 N–H and O–H groups in total. The number of ether oxygens (including phenoxy) is 2. The lowest BCUT2D eigenvalue weighted by Gasteiger charge is -2.39. The normalized spacial score (nSPS) is 16.5. The van der Waals surface area contributed by atoms with Gasteiger partial charge in [0.1, 0.15) is 23.1 Å². The van der Waals surface area contributed by atoms with Crippen LogP contribution in [0.3, 0.4) is 0 Å². The molecule has 2 heterocycles. The number of carbonyl (C=O) groups is 1. The van der Waals surface area contributed by atoms with Crippen LogP contribution in [0.5, 0.6) is 11.5 Å². The molecule has 0 atom stereocenters. The molecule has 0 radical (unpaired) electrons. The molecule has 1 saturated heterocycles. The zero-order valence-corrected chi connectivity index (χ0v) is 18.4. The third-order valence-electron chi connectivity index (χ3n) is 5.77. The number of hydrogen-bond acceptors (Lipinski definition) is 6. The third-order valence-corrected chi connectivity index (χ3v) is 5.77. The zero-order valence-electron chi connectivity index (χ0n) is 18.4. The molecular formula is C24H28FN3O3. The van der Waals surface area contributed by atoms with Crippen molar-refractivity contribution in [1.29, 1.82) is 0 Å². The molecule has 0 saturated carbocycles. The van der Waals surface area contributed by atoms with Gasteiger partial charge >= 0.3 is 5.97 Å². The summed E-state index contributed by atoms with van der Waals surface area (Å²) in [7, 11) is 1.42. The minimum atomic E-state index is -0.564. The molecular weight excluding hydrogens is 397 g/mol. The fourth-order valence-corrected chi connectivity index (χ4v) is 4.11. The van der Waals surface area contributed by atoms with Crippen LogP contribution in [-0.2, 0) is 9.53 Å². The van der Waals surface area contributed by atoms with E-state index in [4.69, 9.17) is 14.5 Å². The van der Waals surface area contributed by atoms with Crippen LogP contribution in [0.15, 0.2) is 41.4 Å². The van der Waals surface area contributed by atoms with Crippen molar-refractivity contribution in [2.45, 2.75) is 20.8 Å². The quantitative estimate of drug-likeness (QED) is 0.692. The highest BCUT2D eigenvalue weighted by molar-refractivity contribution is 6.03. The van der Waals surface area contributed by atoms with Gasteiger partial charge in [-0.25, -0.2) is 9.38 Å². The lowest BCUT2D eigenvalue weighted by Crippen LogP contribution is -2.52. The van der Waals surface area contributed by atoms with Crippen LogP contribution < -0.4 is 4.74 Å². The summed E-state index contributed by atoms with van der Waals surface area (Å²) in [6.07, 6.45) is 0. The van der Waals surface area contributed by atoms with Crippen molar-refractivity contribution in [3.05, 3.63) is 53.3 Å². The molecule has 2 aliphatic heterocycles. The Balaban J connectivity index is 1.59. The van der Waals surface area contributed by atoms with E-state index in [-0.39, 0.29) is 11.8 Å². The van der Waals surface area contributed by atoms with E-state index in [1.165, 1.54) is 19.2 Å². The Hall–Kier alpha value is -2.93. The van der Waals surface area contributed by atoms with Crippen molar-refractivity contribution in [2.75, 3.05) is 39.8 Å². The maximum absolute atomic E-state index is 14.0. The molecule has 0 spiro atoms. The molecule has 2 aromatic rings. The van der Waals surface area contributed by atoms with Gasteiger partial charge in [-0.2, -0.15) is 0 Å².